The Morgan fingerprint density at radius 3 is 2.76 bits per heavy atom. The zero-order valence-electron chi connectivity index (χ0n) is 13.2. The highest BCUT2D eigenvalue weighted by Gasteiger charge is 2.37. The quantitative estimate of drug-likeness (QED) is 0.901. The molecule has 5 heteroatoms. The Balaban J connectivity index is 2.21. The highest BCUT2D eigenvalue weighted by molar-refractivity contribution is 6.31. The molecular formula is C16H24ClN3O. The molecule has 0 radical (unpaired) electrons. The molecule has 0 bridgehead atoms. The van der Waals surface area contributed by atoms with Gasteiger partial charge < -0.3 is 15.5 Å². The zero-order chi connectivity index (χ0) is 15.6. The van der Waals surface area contributed by atoms with Crippen LogP contribution in [0.2, 0.25) is 5.02 Å². The van der Waals surface area contributed by atoms with Gasteiger partial charge in [-0.25, -0.2) is 0 Å². The van der Waals surface area contributed by atoms with Crippen molar-refractivity contribution in [2.45, 2.75) is 32.7 Å². The van der Waals surface area contributed by atoms with E-state index in [1.54, 1.807) is 6.07 Å². The highest BCUT2D eigenvalue weighted by Crippen LogP contribution is 2.32. The molecule has 0 aliphatic carbocycles. The van der Waals surface area contributed by atoms with Crippen molar-refractivity contribution in [3.05, 3.63) is 23.2 Å². The average Bonchev–Trinajstić information content (AvgIpc) is 2.37. The van der Waals surface area contributed by atoms with E-state index in [-0.39, 0.29) is 17.4 Å². The Bertz CT molecular complexity index is 528. The minimum absolute atomic E-state index is 0.00469. The maximum atomic E-state index is 12.6. The van der Waals surface area contributed by atoms with E-state index in [0.29, 0.717) is 5.02 Å². The minimum Gasteiger partial charge on any atom is -0.376 e. The predicted molar refractivity (Wildman–Crippen MR) is 89.2 cm³/mol. The van der Waals surface area contributed by atoms with Gasteiger partial charge in [0.25, 0.3) is 0 Å². The molecule has 0 spiro atoms. The minimum atomic E-state index is -0.180. The largest absolute Gasteiger partial charge is 0.376 e. The van der Waals surface area contributed by atoms with E-state index in [1.807, 2.05) is 31.1 Å². The Kier molecular flexibility index (Phi) is 4.79. The fourth-order valence-corrected chi connectivity index (χ4v) is 3.03. The number of nitrogens with zero attached hydrogens (tertiary/aromatic N) is 1. The van der Waals surface area contributed by atoms with Gasteiger partial charge in [-0.05, 0) is 43.0 Å². The molecule has 1 aromatic rings. The van der Waals surface area contributed by atoms with Gasteiger partial charge in [0.05, 0.1) is 17.4 Å². The van der Waals surface area contributed by atoms with Gasteiger partial charge in [-0.1, -0.05) is 25.4 Å². The van der Waals surface area contributed by atoms with Crippen molar-refractivity contribution < 1.29 is 4.79 Å². The number of amides is 1. The average molecular weight is 310 g/mol. The number of anilines is 2. The van der Waals surface area contributed by atoms with E-state index in [0.717, 1.165) is 30.8 Å². The number of halogens is 1. The summed E-state index contributed by atoms with van der Waals surface area (Å²) in [6.07, 6.45) is 2.16. The molecule has 4 nitrogen and oxygen atoms in total. The molecule has 2 N–H and O–H groups in total. The van der Waals surface area contributed by atoms with E-state index < -0.39 is 0 Å². The third-order valence-corrected chi connectivity index (χ3v) is 4.32. The number of carbonyl (C=O) groups excluding carboxylic acids is 1. The van der Waals surface area contributed by atoms with Crippen LogP contribution in [0.4, 0.5) is 11.4 Å². The Morgan fingerprint density at radius 2 is 2.14 bits per heavy atom. The van der Waals surface area contributed by atoms with Crippen LogP contribution in [0.3, 0.4) is 0 Å². The van der Waals surface area contributed by atoms with Crippen LogP contribution in [0.5, 0.6) is 0 Å². The van der Waals surface area contributed by atoms with E-state index >= 15 is 0 Å². The van der Waals surface area contributed by atoms with Crippen LogP contribution in [0.25, 0.3) is 0 Å². The van der Waals surface area contributed by atoms with Crippen LogP contribution in [-0.2, 0) is 4.79 Å². The maximum absolute atomic E-state index is 12.6. The summed E-state index contributed by atoms with van der Waals surface area (Å²) >= 11 is 6.06. The summed E-state index contributed by atoms with van der Waals surface area (Å²) in [4.78, 5) is 14.6. The zero-order valence-corrected chi connectivity index (χ0v) is 13.9. The molecule has 1 aliphatic rings. The first-order valence-electron chi connectivity index (χ1n) is 7.32. The topological polar surface area (TPSA) is 44.4 Å². The van der Waals surface area contributed by atoms with Crippen molar-refractivity contribution in [1.29, 1.82) is 0 Å². The first kappa shape index (κ1) is 16.1. The summed E-state index contributed by atoms with van der Waals surface area (Å²) in [5.74, 6) is 0.00469. The van der Waals surface area contributed by atoms with Crippen molar-refractivity contribution >= 4 is 28.9 Å². The smallest absolute Gasteiger partial charge is 0.242 e. The first-order valence-corrected chi connectivity index (χ1v) is 7.70. The van der Waals surface area contributed by atoms with Crippen LogP contribution in [-0.4, -0.2) is 32.6 Å². The molecule has 1 fully saturated rings. The molecule has 0 saturated carbocycles. The lowest BCUT2D eigenvalue weighted by atomic mass is 9.77. The summed E-state index contributed by atoms with van der Waals surface area (Å²) in [7, 11) is 3.89. The second kappa shape index (κ2) is 6.24. The van der Waals surface area contributed by atoms with Gasteiger partial charge in [0.1, 0.15) is 0 Å². The molecule has 116 valence electrons. The lowest BCUT2D eigenvalue weighted by Crippen LogP contribution is -2.53. The molecule has 1 unspecified atom stereocenters. The second-order valence-corrected chi connectivity index (χ2v) is 6.96. The van der Waals surface area contributed by atoms with Crippen molar-refractivity contribution in [3.63, 3.8) is 0 Å². The lowest BCUT2D eigenvalue weighted by Gasteiger charge is -2.38. The predicted octanol–water partition coefficient (Wildman–Crippen LogP) is 3.12. The molecular weight excluding hydrogens is 286 g/mol. The van der Waals surface area contributed by atoms with Crippen molar-refractivity contribution in [1.82, 2.24) is 5.32 Å². The molecule has 1 amide bonds. The number of nitrogens with one attached hydrogen (secondary N) is 2. The number of hydrogen-bond donors (Lipinski definition) is 2. The highest BCUT2D eigenvalue weighted by atomic mass is 35.5. The normalized spacial score (nSPS) is 20.9. The summed E-state index contributed by atoms with van der Waals surface area (Å²) in [5.41, 5.74) is 1.65. The maximum Gasteiger partial charge on any atom is 0.242 e. The molecule has 0 aromatic heterocycles. The van der Waals surface area contributed by atoms with E-state index in [9.17, 15) is 4.79 Å². The van der Waals surface area contributed by atoms with Gasteiger partial charge in [-0.15, -0.1) is 0 Å². The van der Waals surface area contributed by atoms with Crippen molar-refractivity contribution in [2.24, 2.45) is 5.41 Å². The number of piperidine rings is 1. The first-order chi connectivity index (χ1) is 9.81. The Hall–Kier alpha value is -1.26. The number of hydrogen-bond acceptors (Lipinski definition) is 3. The Morgan fingerprint density at radius 1 is 1.43 bits per heavy atom. The van der Waals surface area contributed by atoms with Gasteiger partial charge in [-0.3, -0.25) is 4.79 Å². The second-order valence-electron chi connectivity index (χ2n) is 6.52. The number of benzene rings is 1. The fourth-order valence-electron chi connectivity index (χ4n) is 2.86. The van der Waals surface area contributed by atoms with Crippen LogP contribution in [0, 0.1) is 5.41 Å². The number of rotatable bonds is 3. The summed E-state index contributed by atoms with van der Waals surface area (Å²) in [5, 5.41) is 6.98. The molecule has 2 rings (SSSR count). The van der Waals surface area contributed by atoms with E-state index in [2.05, 4.69) is 24.5 Å². The molecule has 21 heavy (non-hydrogen) atoms. The molecule has 1 saturated heterocycles. The van der Waals surface area contributed by atoms with E-state index in [1.165, 1.54) is 0 Å². The molecule has 1 aliphatic heterocycles. The standard InChI is InChI=1S/C16H24ClN3O/c1-16(2)8-5-9-18-14(16)15(21)19-12-10-11(17)6-7-13(12)20(3)4/h6-7,10,14,18H,5,8-9H2,1-4H3,(H,19,21). The van der Waals surface area contributed by atoms with Gasteiger partial charge in [0, 0.05) is 19.1 Å². The summed E-state index contributed by atoms with van der Waals surface area (Å²) in [6, 6.07) is 5.36. The van der Waals surface area contributed by atoms with Crippen LogP contribution in [0.1, 0.15) is 26.7 Å². The summed E-state index contributed by atoms with van der Waals surface area (Å²) < 4.78 is 0. The van der Waals surface area contributed by atoms with Crippen LogP contribution < -0.4 is 15.5 Å². The van der Waals surface area contributed by atoms with Gasteiger partial charge in [-0.2, -0.15) is 0 Å². The van der Waals surface area contributed by atoms with Crippen molar-refractivity contribution in [3.8, 4) is 0 Å². The lowest BCUT2D eigenvalue weighted by molar-refractivity contribution is -0.121. The molecule has 1 heterocycles. The molecule has 1 aromatic carbocycles. The van der Waals surface area contributed by atoms with Crippen LogP contribution >= 0.6 is 11.6 Å². The van der Waals surface area contributed by atoms with Gasteiger partial charge in [0.2, 0.25) is 5.91 Å². The third kappa shape index (κ3) is 3.69. The SMILES string of the molecule is CN(C)c1ccc(Cl)cc1NC(=O)C1NCCCC1(C)C. The molecule has 1 atom stereocenters. The number of carbonyl (C=O) groups is 1. The summed E-state index contributed by atoms with van der Waals surface area (Å²) in [6.45, 7) is 5.15. The van der Waals surface area contributed by atoms with Crippen molar-refractivity contribution in [2.75, 3.05) is 30.9 Å². The fraction of sp³-hybridized carbons (Fsp3) is 0.562. The van der Waals surface area contributed by atoms with E-state index in [4.69, 9.17) is 11.6 Å². The van der Waals surface area contributed by atoms with Crippen LogP contribution in [0.15, 0.2) is 18.2 Å². The third-order valence-electron chi connectivity index (χ3n) is 4.09. The van der Waals surface area contributed by atoms with Gasteiger partial charge in [0.15, 0.2) is 0 Å². The monoisotopic (exact) mass is 309 g/mol. The van der Waals surface area contributed by atoms with Gasteiger partial charge >= 0.3 is 0 Å². The Labute approximate surface area is 131 Å².